The molecule has 0 aromatic heterocycles. The summed E-state index contributed by atoms with van der Waals surface area (Å²) in [6, 6.07) is 0. The van der Waals surface area contributed by atoms with Gasteiger partial charge in [0.2, 0.25) is 0 Å². The highest BCUT2D eigenvalue weighted by Gasteiger charge is 2.73. The molecule has 0 aliphatic carbocycles. The summed E-state index contributed by atoms with van der Waals surface area (Å²) in [5.41, 5.74) is -5.54. The van der Waals surface area contributed by atoms with Crippen molar-refractivity contribution in [2.75, 3.05) is 72.4 Å². The monoisotopic (exact) mass is 976 g/mol. The molecule has 374 valence electrons. The van der Waals surface area contributed by atoms with E-state index in [0.29, 0.717) is 6.08 Å². The molecule has 3 unspecified atom stereocenters. The van der Waals surface area contributed by atoms with Gasteiger partial charge in [0.25, 0.3) is 0 Å². The molecule has 0 aromatic carbocycles. The Morgan fingerprint density at radius 3 is 1.08 bits per heavy atom. The number of halogens is 9. The van der Waals surface area contributed by atoms with E-state index in [1.807, 2.05) is 16.0 Å². The molecule has 3 atom stereocenters. The first-order valence-electron chi connectivity index (χ1n) is 18.4. The zero-order valence-corrected chi connectivity index (χ0v) is 34.4. The number of ether oxygens (including phenoxy) is 9. The third kappa shape index (κ3) is 24.4. The topological polar surface area (TPSA) is 268 Å². The van der Waals surface area contributed by atoms with Crippen LogP contribution in [-0.4, -0.2) is 158 Å². The van der Waals surface area contributed by atoms with E-state index in [9.17, 15) is 77.9 Å². The minimum atomic E-state index is -6.71. The fraction of sp³-hybridized carbons (Fsp3) is 0.556. The predicted molar refractivity (Wildman–Crippen MR) is 199 cm³/mol. The number of alkyl carbamates (subject to hydrolysis) is 4. The molecular weight excluding hydrogens is 931 g/mol. The van der Waals surface area contributed by atoms with Gasteiger partial charge in [-0.2, -0.15) is 39.5 Å². The Hall–Kier alpha value is -6.75. The molecule has 0 aromatic rings. The van der Waals surface area contributed by atoms with Crippen LogP contribution in [0, 0.1) is 5.41 Å². The summed E-state index contributed by atoms with van der Waals surface area (Å²) < 4.78 is 174. The third-order valence-corrected chi connectivity index (χ3v) is 7.52. The van der Waals surface area contributed by atoms with Gasteiger partial charge in [0.05, 0.1) is 32.8 Å². The fourth-order valence-electron chi connectivity index (χ4n) is 4.44. The number of amides is 4. The van der Waals surface area contributed by atoms with Gasteiger partial charge in [0, 0.05) is 37.1 Å². The van der Waals surface area contributed by atoms with Crippen molar-refractivity contribution < 1.29 is 121 Å². The Kier molecular flexibility index (Phi) is 26.6. The lowest BCUT2D eigenvalue weighted by atomic mass is 9.75. The summed E-state index contributed by atoms with van der Waals surface area (Å²) in [5.74, 6) is -3.85. The summed E-state index contributed by atoms with van der Waals surface area (Å²) in [7, 11) is 0. The van der Waals surface area contributed by atoms with E-state index in [1.165, 1.54) is 0 Å². The Bertz CT molecular complexity index is 1660. The molecule has 0 aliphatic heterocycles. The lowest BCUT2D eigenvalue weighted by Crippen LogP contribution is -2.56. The van der Waals surface area contributed by atoms with Crippen molar-refractivity contribution in [1.82, 2.24) is 21.3 Å². The molecule has 21 nitrogen and oxygen atoms in total. The largest absolute Gasteiger partial charge is 0.461 e. The van der Waals surface area contributed by atoms with Gasteiger partial charge < -0.3 is 63.9 Å². The molecule has 0 radical (unpaired) electrons. The van der Waals surface area contributed by atoms with Crippen molar-refractivity contribution in [2.24, 2.45) is 5.41 Å². The van der Waals surface area contributed by atoms with E-state index in [4.69, 9.17) is 9.47 Å². The number of hydrogen-bond donors (Lipinski definition) is 4. The van der Waals surface area contributed by atoms with Crippen LogP contribution in [0.2, 0.25) is 0 Å². The number of alkyl halides is 9. The summed E-state index contributed by atoms with van der Waals surface area (Å²) in [5, 5.41) is 7.61. The second-order valence-corrected chi connectivity index (χ2v) is 12.3. The van der Waals surface area contributed by atoms with Crippen LogP contribution in [0.25, 0.3) is 0 Å². The van der Waals surface area contributed by atoms with Gasteiger partial charge in [-0.05, 0) is 0 Å². The first-order chi connectivity index (χ1) is 30.7. The average molecular weight is 977 g/mol. The summed E-state index contributed by atoms with van der Waals surface area (Å²) in [6.45, 7) is 3.27. The maximum Gasteiger partial charge on any atom is 0.414 e. The predicted octanol–water partition coefficient (Wildman–Crippen LogP) is 3.38. The Labute approximate surface area is 368 Å². The smallest absolute Gasteiger partial charge is 0.414 e. The molecule has 0 saturated heterocycles. The third-order valence-electron chi connectivity index (χ3n) is 7.52. The van der Waals surface area contributed by atoms with E-state index >= 15 is 0 Å². The van der Waals surface area contributed by atoms with Gasteiger partial charge >= 0.3 is 66.8 Å². The highest BCUT2D eigenvalue weighted by Crippen LogP contribution is 2.57. The molecule has 0 aliphatic rings. The lowest BCUT2D eigenvalue weighted by Gasteiger charge is -2.41. The second kappa shape index (κ2) is 29.6. The Balaban J connectivity index is 6.71. The van der Waals surface area contributed by atoms with E-state index in [0.717, 1.165) is 18.2 Å². The molecule has 66 heavy (non-hydrogen) atoms. The van der Waals surface area contributed by atoms with Gasteiger partial charge in [-0.25, -0.2) is 38.4 Å². The molecule has 4 N–H and O–H groups in total. The molecule has 0 heterocycles. The quantitative estimate of drug-likeness (QED) is 0.0275. The summed E-state index contributed by atoms with van der Waals surface area (Å²) in [4.78, 5) is 93.9. The number of carbonyl (C=O) groups excluding carboxylic acids is 8. The zero-order valence-electron chi connectivity index (χ0n) is 34.4. The number of nitrogens with one attached hydrogen (secondary N) is 4. The van der Waals surface area contributed by atoms with Crippen LogP contribution in [-0.2, 0) is 61.8 Å². The van der Waals surface area contributed by atoms with Gasteiger partial charge in [0.15, 0.2) is 17.6 Å². The van der Waals surface area contributed by atoms with Crippen LogP contribution in [0.15, 0.2) is 50.6 Å². The molecule has 30 heteroatoms. The van der Waals surface area contributed by atoms with E-state index in [1.54, 1.807) is 5.32 Å². The highest BCUT2D eigenvalue weighted by atomic mass is 19.4. The van der Waals surface area contributed by atoms with Crippen LogP contribution in [0.4, 0.5) is 58.7 Å². The highest BCUT2D eigenvalue weighted by molar-refractivity contribution is 5.82. The number of hydrogen-bond acceptors (Lipinski definition) is 17. The molecule has 0 bridgehead atoms. The normalized spacial score (nSPS) is 12.8. The first-order valence-corrected chi connectivity index (χ1v) is 18.4. The van der Waals surface area contributed by atoms with Crippen LogP contribution < -0.4 is 21.3 Å². The minimum absolute atomic E-state index is 0.446. The SMILES string of the molecule is C=CC(=O)OCCNC(=O)OCC(COC(CC(CC(COC(=O)NCCOC(=O)C=C)OC(=O)NCCOC(=O)C=C)(C(F)(F)F)C(F)(F)F)C(F)(F)F)OC(=O)NCCOC(=O)C=C. The number of esters is 4. The molecule has 4 amide bonds. The van der Waals surface area contributed by atoms with Crippen molar-refractivity contribution in [3.63, 3.8) is 0 Å². The maximum absolute atomic E-state index is 14.8. The van der Waals surface area contributed by atoms with Gasteiger partial charge in [-0.3, -0.25) is 0 Å². The van der Waals surface area contributed by atoms with Crippen LogP contribution in [0.1, 0.15) is 12.8 Å². The maximum atomic E-state index is 14.8. The zero-order chi connectivity index (χ0) is 50.6. The average Bonchev–Trinajstić information content (AvgIpc) is 3.23. The standard InChI is InChI=1S/C36H45F9N4O17/c1-5-25(50)58-13-9-46-29(54)63-19-22(65-31(56)48-11-15-60-27(52)7-3)17-33(35(40,41)42,36(43,44)45)18-24(34(37,38)39)62-20-23(66-32(57)49-12-16-61-28(53)8-4)21-64-30(55)47-10-14-59-26(51)6-2/h5-8,22-24H,1-4,9-21H2,(H,46,54)(H,47,55)(H,48,56)(H,49,57). The molecule has 0 rings (SSSR count). The molecular formula is C36H45F9N4O17. The van der Waals surface area contributed by atoms with E-state index < -0.39 is 176 Å². The van der Waals surface area contributed by atoms with Crippen LogP contribution in [0.3, 0.4) is 0 Å². The summed E-state index contributed by atoms with van der Waals surface area (Å²) in [6.07, 6.45) is -37.9. The van der Waals surface area contributed by atoms with Crippen LogP contribution >= 0.6 is 0 Å². The van der Waals surface area contributed by atoms with E-state index in [-0.39, 0.29) is 0 Å². The van der Waals surface area contributed by atoms with E-state index in [2.05, 4.69) is 59.5 Å². The fourth-order valence-corrected chi connectivity index (χ4v) is 4.44. The van der Waals surface area contributed by atoms with Crippen molar-refractivity contribution in [3.8, 4) is 0 Å². The first kappa shape index (κ1) is 59.2. The van der Waals surface area contributed by atoms with Crippen molar-refractivity contribution in [3.05, 3.63) is 50.6 Å². The van der Waals surface area contributed by atoms with Gasteiger partial charge in [-0.15, -0.1) is 0 Å². The Morgan fingerprint density at radius 1 is 0.439 bits per heavy atom. The van der Waals surface area contributed by atoms with Gasteiger partial charge in [0.1, 0.15) is 45.7 Å². The van der Waals surface area contributed by atoms with Crippen molar-refractivity contribution in [1.29, 1.82) is 0 Å². The minimum Gasteiger partial charge on any atom is -0.461 e. The van der Waals surface area contributed by atoms with Crippen molar-refractivity contribution in [2.45, 2.75) is 49.7 Å². The second-order valence-electron chi connectivity index (χ2n) is 12.3. The Morgan fingerprint density at radius 2 is 0.758 bits per heavy atom. The molecule has 0 spiro atoms. The number of rotatable bonds is 29. The van der Waals surface area contributed by atoms with Crippen LogP contribution in [0.5, 0.6) is 0 Å². The summed E-state index contributed by atoms with van der Waals surface area (Å²) >= 11 is 0. The molecule has 0 fully saturated rings. The number of carbonyl (C=O) groups is 8. The van der Waals surface area contributed by atoms with Gasteiger partial charge in [-0.1, -0.05) is 26.3 Å². The van der Waals surface area contributed by atoms with Crippen molar-refractivity contribution >= 4 is 48.3 Å². The molecule has 0 saturated carbocycles. The lowest BCUT2D eigenvalue weighted by molar-refractivity contribution is -0.364.